The number of aromatic nitrogens is 3. The van der Waals surface area contributed by atoms with E-state index in [0.29, 0.717) is 72.3 Å². The molecule has 0 aliphatic carbocycles. The minimum atomic E-state index is -0.130. The third-order valence-electron chi connectivity index (χ3n) is 11.6. The van der Waals surface area contributed by atoms with Crippen LogP contribution in [0.3, 0.4) is 0 Å². The monoisotopic (exact) mass is 850 g/mol. The first-order valence-corrected chi connectivity index (χ1v) is 21.1. The molecular weight excluding hydrogens is 804 g/mol. The molecule has 0 bridgehead atoms. The summed E-state index contributed by atoms with van der Waals surface area (Å²) in [6, 6.07) is 23.9. The first kappa shape index (κ1) is 42.1. The molecule has 13 nitrogen and oxygen atoms in total. The summed E-state index contributed by atoms with van der Waals surface area (Å²) in [4.78, 5) is 45.4. The van der Waals surface area contributed by atoms with E-state index in [1.165, 1.54) is 6.20 Å². The van der Waals surface area contributed by atoms with Crippen LogP contribution in [0.2, 0.25) is 5.02 Å². The Morgan fingerprint density at radius 3 is 2.16 bits per heavy atom. The van der Waals surface area contributed by atoms with E-state index in [1.807, 2.05) is 36.4 Å². The lowest BCUT2D eigenvalue weighted by Gasteiger charge is -2.19. The normalized spacial score (nSPS) is 16.0. The Morgan fingerprint density at radius 2 is 1.45 bits per heavy atom. The second-order valence-corrected chi connectivity index (χ2v) is 16.2. The Labute approximate surface area is 364 Å². The number of nitrogens with zero attached hydrogens (tertiary/aromatic N) is 4. The van der Waals surface area contributed by atoms with Crippen molar-refractivity contribution in [2.24, 2.45) is 0 Å². The molecule has 2 amide bonds. The van der Waals surface area contributed by atoms with Gasteiger partial charge < -0.3 is 30.7 Å². The number of amides is 2. The predicted octanol–water partition coefficient (Wildman–Crippen LogP) is 6.46. The topological polar surface area (TPSA) is 172 Å². The number of carbonyl (C=O) groups excluding carboxylic acids is 2. The van der Waals surface area contributed by atoms with Gasteiger partial charge in [0.05, 0.1) is 10.6 Å². The average molecular weight is 851 g/mol. The Balaban J connectivity index is 0.985. The van der Waals surface area contributed by atoms with Crippen LogP contribution in [0.15, 0.2) is 96.3 Å². The molecule has 3 aromatic heterocycles. The number of nitriles is 1. The smallest absolute Gasteiger partial charge is 0.262 e. The molecule has 316 valence electrons. The maximum absolute atomic E-state index is 13.4. The molecule has 0 radical (unpaired) electrons. The summed E-state index contributed by atoms with van der Waals surface area (Å²) >= 11 is 6.86. The van der Waals surface area contributed by atoms with Gasteiger partial charge in [0.2, 0.25) is 11.8 Å². The molecule has 2 saturated heterocycles. The largest absolute Gasteiger partial charge is 0.488 e. The van der Waals surface area contributed by atoms with Crippen molar-refractivity contribution in [2.45, 2.75) is 77.9 Å². The molecule has 0 saturated carbocycles. The Bertz CT molecular complexity index is 2770. The fourth-order valence-corrected chi connectivity index (χ4v) is 8.34. The highest BCUT2D eigenvalue weighted by Crippen LogP contribution is 2.37. The highest BCUT2D eigenvalue weighted by atomic mass is 35.5. The van der Waals surface area contributed by atoms with Crippen LogP contribution in [-0.2, 0) is 35.9 Å². The highest BCUT2D eigenvalue weighted by molar-refractivity contribution is 6.32. The maximum Gasteiger partial charge on any atom is 0.262 e. The van der Waals surface area contributed by atoms with E-state index in [-0.39, 0.29) is 42.7 Å². The lowest BCUT2D eigenvalue weighted by Crippen LogP contribution is -2.36. The summed E-state index contributed by atoms with van der Waals surface area (Å²) in [5.74, 6) is 1.17. The zero-order chi connectivity index (χ0) is 43.2. The van der Waals surface area contributed by atoms with Crippen molar-refractivity contribution in [3.63, 3.8) is 0 Å². The molecule has 4 N–H and O–H groups in total. The van der Waals surface area contributed by atoms with Gasteiger partial charge >= 0.3 is 0 Å². The second kappa shape index (κ2) is 19.0. The van der Waals surface area contributed by atoms with Gasteiger partial charge in [0.25, 0.3) is 5.56 Å². The summed E-state index contributed by atoms with van der Waals surface area (Å²) < 4.78 is 14.3. The summed E-state index contributed by atoms with van der Waals surface area (Å²) in [5, 5.41) is 22.4. The molecule has 2 fully saturated rings. The van der Waals surface area contributed by atoms with Crippen molar-refractivity contribution in [1.82, 2.24) is 35.6 Å². The Kier molecular flexibility index (Phi) is 12.9. The quantitative estimate of drug-likeness (QED) is 0.0848. The van der Waals surface area contributed by atoms with Gasteiger partial charge in [-0.3, -0.25) is 23.8 Å². The van der Waals surface area contributed by atoms with Crippen LogP contribution in [0.25, 0.3) is 27.9 Å². The number of hydrogen-bond acceptors (Lipinski definition) is 10. The lowest BCUT2D eigenvalue weighted by molar-refractivity contribution is -0.120. The number of benzene rings is 3. The van der Waals surface area contributed by atoms with E-state index in [1.54, 1.807) is 35.1 Å². The van der Waals surface area contributed by atoms with Gasteiger partial charge in [-0.2, -0.15) is 5.26 Å². The summed E-state index contributed by atoms with van der Waals surface area (Å²) in [5.41, 5.74) is 10.3. The van der Waals surface area contributed by atoms with Gasteiger partial charge in [-0.25, -0.2) is 4.98 Å². The minimum absolute atomic E-state index is 0.0651. The van der Waals surface area contributed by atoms with Crippen LogP contribution in [0, 0.1) is 25.2 Å². The van der Waals surface area contributed by atoms with E-state index < -0.39 is 0 Å². The second-order valence-electron chi connectivity index (χ2n) is 15.8. The molecule has 2 atom stereocenters. The van der Waals surface area contributed by atoms with Gasteiger partial charge in [0.15, 0.2) is 0 Å². The molecule has 0 unspecified atom stereocenters. The third kappa shape index (κ3) is 9.63. The van der Waals surface area contributed by atoms with E-state index in [9.17, 15) is 19.6 Å². The van der Waals surface area contributed by atoms with Gasteiger partial charge in [0, 0.05) is 98.6 Å². The van der Waals surface area contributed by atoms with Crippen LogP contribution in [0.4, 0.5) is 0 Å². The van der Waals surface area contributed by atoms with Crippen molar-refractivity contribution in [2.75, 3.05) is 13.1 Å². The van der Waals surface area contributed by atoms with Crippen molar-refractivity contribution >= 4 is 29.1 Å². The van der Waals surface area contributed by atoms with Gasteiger partial charge in [-0.05, 0) is 89.9 Å². The number of carbonyl (C=O) groups is 2. The van der Waals surface area contributed by atoms with Crippen LogP contribution < -0.4 is 36.3 Å². The van der Waals surface area contributed by atoms with Gasteiger partial charge in [0.1, 0.15) is 36.4 Å². The molecule has 5 heterocycles. The van der Waals surface area contributed by atoms with Crippen molar-refractivity contribution in [3.05, 3.63) is 146 Å². The third-order valence-corrected chi connectivity index (χ3v) is 11.9. The molecule has 2 aliphatic heterocycles. The lowest BCUT2D eigenvalue weighted by atomic mass is 9.90. The highest BCUT2D eigenvalue weighted by Gasteiger charge is 2.22. The number of ether oxygens (including phenoxy) is 2. The van der Waals surface area contributed by atoms with Crippen LogP contribution in [0.1, 0.15) is 64.6 Å². The molecule has 3 aromatic carbocycles. The van der Waals surface area contributed by atoms with Gasteiger partial charge in [-0.15, -0.1) is 0 Å². The van der Waals surface area contributed by atoms with Crippen molar-refractivity contribution < 1.29 is 19.1 Å². The van der Waals surface area contributed by atoms with E-state index in [0.717, 1.165) is 62.9 Å². The predicted molar refractivity (Wildman–Crippen MR) is 237 cm³/mol. The molecule has 62 heavy (non-hydrogen) atoms. The number of fused-ring (bicyclic) bond motifs is 1. The Hall–Kier alpha value is -6.59. The molecular formula is C48H47ClN8O5. The average Bonchev–Trinajstić information content (AvgIpc) is 3.90. The fraction of sp³-hybridized carbons (Fsp3) is 0.292. The SMILES string of the molecule is Cc1c(COc2cc(OCc3cncc(C#N)c3)c(CNC[C@H]3CCC(=O)N3)cc2Cl)cccc1-c1cccc(-c2ccn3c(=O)c(CNC[C@@H]4CCC(=O)N4)cnc3c2)c1C. The van der Waals surface area contributed by atoms with Crippen LogP contribution in [-0.4, -0.2) is 51.4 Å². The fourth-order valence-electron chi connectivity index (χ4n) is 8.10. The van der Waals surface area contributed by atoms with E-state index in [4.69, 9.17) is 21.1 Å². The van der Waals surface area contributed by atoms with Crippen LogP contribution >= 0.6 is 11.6 Å². The molecule has 6 aromatic rings. The van der Waals surface area contributed by atoms with Gasteiger partial charge in [-0.1, -0.05) is 48.0 Å². The molecule has 2 aliphatic rings. The summed E-state index contributed by atoms with van der Waals surface area (Å²) in [6.45, 7) is 6.66. The standard InChI is InChI=1S/C48H47ClN8O5/c1-29-34(28-62-44-18-43(61-27-32-15-31(19-50)20-51-21-32)35(16-42(44)49)22-52-25-37-9-11-46(58)55-37)5-3-7-40(29)41-8-4-6-39(30(41)2)33-13-14-57-45(17-33)54-24-36(48(57)60)23-53-26-38-10-12-47(59)56-38/h3-8,13-18,20-21,24,37-38,52-53H,9-12,22-23,25-28H2,1-2H3,(H,55,58)(H,56,59)/t37-,38+/m1/s1. The molecule has 14 heteroatoms. The molecule has 8 rings (SSSR count). The summed E-state index contributed by atoms with van der Waals surface area (Å²) in [7, 11) is 0. The number of halogens is 1. The first-order valence-electron chi connectivity index (χ1n) is 20.7. The zero-order valence-corrected chi connectivity index (χ0v) is 35.4. The zero-order valence-electron chi connectivity index (χ0n) is 34.6. The first-order chi connectivity index (χ1) is 30.1. The number of hydrogen-bond donors (Lipinski definition) is 4. The number of nitrogens with one attached hydrogen (secondary N) is 4. The van der Waals surface area contributed by atoms with E-state index >= 15 is 0 Å². The number of pyridine rings is 2. The van der Waals surface area contributed by atoms with E-state index in [2.05, 4.69) is 69.4 Å². The summed E-state index contributed by atoms with van der Waals surface area (Å²) in [6.07, 6.45) is 9.23. The van der Waals surface area contributed by atoms with Crippen molar-refractivity contribution in [3.8, 4) is 39.8 Å². The number of rotatable bonds is 16. The van der Waals surface area contributed by atoms with Crippen molar-refractivity contribution in [1.29, 1.82) is 5.26 Å². The molecule has 0 spiro atoms. The Morgan fingerprint density at radius 1 is 0.774 bits per heavy atom. The maximum atomic E-state index is 13.4. The van der Waals surface area contributed by atoms with Crippen LogP contribution in [0.5, 0.6) is 11.5 Å². The minimum Gasteiger partial charge on any atom is -0.488 e.